The molecule has 6 nitrogen and oxygen atoms in total. The largest absolute Gasteiger partial charge is 0.336 e. The maximum Gasteiger partial charge on any atom is 0.282 e. The summed E-state index contributed by atoms with van der Waals surface area (Å²) in [6.07, 6.45) is 6.24. The van der Waals surface area contributed by atoms with Gasteiger partial charge in [0.2, 0.25) is 0 Å². The second-order valence-corrected chi connectivity index (χ2v) is 9.55. The lowest BCUT2D eigenvalue weighted by atomic mass is 9.96. The van der Waals surface area contributed by atoms with E-state index in [2.05, 4.69) is 6.92 Å². The van der Waals surface area contributed by atoms with Gasteiger partial charge in [-0.3, -0.25) is 4.79 Å². The fourth-order valence-electron chi connectivity index (χ4n) is 4.00. The maximum absolute atomic E-state index is 13.0. The van der Waals surface area contributed by atoms with E-state index in [0.29, 0.717) is 31.7 Å². The fourth-order valence-corrected chi connectivity index (χ4v) is 5.58. The van der Waals surface area contributed by atoms with E-state index < -0.39 is 10.2 Å². The summed E-state index contributed by atoms with van der Waals surface area (Å²) in [5, 5.41) is 0. The van der Waals surface area contributed by atoms with Gasteiger partial charge in [0.15, 0.2) is 0 Å². The van der Waals surface area contributed by atoms with Gasteiger partial charge < -0.3 is 4.90 Å². The highest BCUT2D eigenvalue weighted by Gasteiger charge is 2.35. The number of hydrogen-bond acceptors (Lipinski definition) is 3. The molecule has 0 atom stereocenters. The van der Waals surface area contributed by atoms with Crippen LogP contribution in [0.15, 0.2) is 24.3 Å². The third-order valence-electron chi connectivity index (χ3n) is 5.91. The summed E-state index contributed by atoms with van der Waals surface area (Å²) < 4.78 is 29.0. The molecule has 1 amide bonds. The van der Waals surface area contributed by atoms with Crippen molar-refractivity contribution in [2.24, 2.45) is 0 Å². The van der Waals surface area contributed by atoms with Crippen molar-refractivity contribution < 1.29 is 13.2 Å². The molecule has 7 heteroatoms. The second kappa shape index (κ2) is 8.71. The van der Waals surface area contributed by atoms with Crippen LogP contribution in [0.25, 0.3) is 0 Å². The highest BCUT2D eigenvalue weighted by Crippen LogP contribution is 2.25. The number of nitrogens with zero attached hydrogens (tertiary/aromatic N) is 3. The van der Waals surface area contributed by atoms with E-state index in [-0.39, 0.29) is 11.9 Å². The average Bonchev–Trinajstić information content (AvgIpc) is 2.73. The van der Waals surface area contributed by atoms with Gasteiger partial charge in [-0.2, -0.15) is 17.0 Å². The number of rotatable bonds is 5. The zero-order chi connectivity index (χ0) is 19.4. The second-order valence-electron chi connectivity index (χ2n) is 7.56. The molecule has 0 bridgehead atoms. The number of aryl methyl sites for hydroxylation is 1. The summed E-state index contributed by atoms with van der Waals surface area (Å²) in [5.74, 6) is -0.0182. The number of carbonyl (C=O) groups excluding carboxylic acids is 1. The molecule has 1 aliphatic heterocycles. The Hall–Kier alpha value is -1.44. The maximum atomic E-state index is 13.0. The van der Waals surface area contributed by atoms with Gasteiger partial charge in [-0.15, -0.1) is 0 Å². The Morgan fingerprint density at radius 2 is 1.63 bits per heavy atom. The molecular weight excluding hydrogens is 362 g/mol. The summed E-state index contributed by atoms with van der Waals surface area (Å²) >= 11 is 0. The number of hydrogen-bond donors (Lipinski definition) is 0. The lowest BCUT2D eigenvalue weighted by Crippen LogP contribution is -2.55. The fraction of sp³-hybridized carbons (Fsp3) is 0.650. The van der Waals surface area contributed by atoms with Crippen LogP contribution in [-0.4, -0.2) is 67.1 Å². The van der Waals surface area contributed by atoms with Crippen LogP contribution in [0, 0.1) is 0 Å². The normalized spacial score (nSPS) is 20.2. The van der Waals surface area contributed by atoms with Gasteiger partial charge in [0, 0.05) is 44.8 Å². The van der Waals surface area contributed by atoms with Crippen molar-refractivity contribution in [1.29, 1.82) is 0 Å². The van der Waals surface area contributed by atoms with Crippen LogP contribution in [0.1, 0.15) is 54.9 Å². The monoisotopic (exact) mass is 393 g/mol. The lowest BCUT2D eigenvalue weighted by Gasteiger charge is -2.38. The summed E-state index contributed by atoms with van der Waals surface area (Å²) in [7, 11) is -1.75. The minimum absolute atomic E-state index is 0.0182. The van der Waals surface area contributed by atoms with Gasteiger partial charge in [0.05, 0.1) is 0 Å². The Kier molecular flexibility index (Phi) is 6.55. The molecule has 1 saturated carbocycles. The summed E-state index contributed by atoms with van der Waals surface area (Å²) in [5.41, 5.74) is 1.87. The van der Waals surface area contributed by atoms with Crippen molar-refractivity contribution in [2.45, 2.75) is 51.5 Å². The van der Waals surface area contributed by atoms with E-state index >= 15 is 0 Å². The molecule has 27 heavy (non-hydrogen) atoms. The van der Waals surface area contributed by atoms with Crippen LogP contribution < -0.4 is 0 Å². The zero-order valence-corrected chi connectivity index (χ0v) is 17.2. The Morgan fingerprint density at radius 1 is 1.04 bits per heavy atom. The Labute approximate surface area is 163 Å². The predicted molar refractivity (Wildman–Crippen MR) is 107 cm³/mol. The van der Waals surface area contributed by atoms with E-state index in [1.165, 1.54) is 16.3 Å². The summed E-state index contributed by atoms with van der Waals surface area (Å²) in [6.45, 7) is 3.68. The van der Waals surface area contributed by atoms with Gasteiger partial charge in [-0.25, -0.2) is 0 Å². The first-order valence-electron chi connectivity index (χ1n) is 10.0. The van der Waals surface area contributed by atoms with E-state index in [4.69, 9.17) is 0 Å². The molecule has 2 fully saturated rings. The minimum atomic E-state index is -3.46. The Balaban J connectivity index is 1.59. The van der Waals surface area contributed by atoms with Crippen LogP contribution in [0.3, 0.4) is 0 Å². The highest BCUT2D eigenvalue weighted by molar-refractivity contribution is 7.86. The van der Waals surface area contributed by atoms with Gasteiger partial charge in [0.1, 0.15) is 0 Å². The number of piperazine rings is 1. The van der Waals surface area contributed by atoms with E-state index in [9.17, 15) is 13.2 Å². The molecule has 1 heterocycles. The SMILES string of the molecule is CCc1ccc(C(=O)N2CCN(S(=O)(=O)N(C)C3CCCCC3)CC2)cc1. The smallest absolute Gasteiger partial charge is 0.282 e. The number of carbonyl (C=O) groups is 1. The van der Waals surface area contributed by atoms with Gasteiger partial charge in [-0.05, 0) is 37.0 Å². The van der Waals surface area contributed by atoms with Gasteiger partial charge >= 0.3 is 0 Å². The van der Waals surface area contributed by atoms with Crippen LogP contribution in [0.4, 0.5) is 0 Å². The predicted octanol–water partition coefficient (Wildman–Crippen LogP) is 2.52. The van der Waals surface area contributed by atoms with Crippen molar-refractivity contribution >= 4 is 16.1 Å². The van der Waals surface area contributed by atoms with E-state index in [0.717, 1.165) is 32.1 Å². The molecule has 0 unspecified atom stereocenters. The highest BCUT2D eigenvalue weighted by atomic mass is 32.2. The van der Waals surface area contributed by atoms with Crippen LogP contribution in [-0.2, 0) is 16.6 Å². The number of benzene rings is 1. The molecular formula is C20H31N3O3S. The summed E-state index contributed by atoms with van der Waals surface area (Å²) in [6, 6.07) is 7.79. The lowest BCUT2D eigenvalue weighted by molar-refractivity contribution is 0.0693. The molecule has 1 aliphatic carbocycles. The molecule has 1 aromatic carbocycles. The standard InChI is InChI=1S/C20H31N3O3S/c1-3-17-9-11-18(12-10-17)20(24)22-13-15-23(16-14-22)27(25,26)21(2)19-7-5-4-6-8-19/h9-12,19H,3-8,13-16H2,1-2H3. The molecule has 0 N–H and O–H groups in total. The molecule has 150 valence electrons. The minimum Gasteiger partial charge on any atom is -0.336 e. The molecule has 2 aliphatic rings. The molecule has 0 spiro atoms. The summed E-state index contributed by atoms with van der Waals surface area (Å²) in [4.78, 5) is 14.4. The Bertz CT molecular complexity index is 734. The van der Waals surface area contributed by atoms with E-state index in [1.807, 2.05) is 24.3 Å². The van der Waals surface area contributed by atoms with Crippen molar-refractivity contribution in [1.82, 2.24) is 13.5 Å². The van der Waals surface area contributed by atoms with E-state index in [1.54, 1.807) is 16.3 Å². The van der Waals surface area contributed by atoms with Crippen molar-refractivity contribution in [3.63, 3.8) is 0 Å². The third kappa shape index (κ3) is 4.52. The molecule has 1 saturated heterocycles. The molecule has 3 rings (SSSR count). The van der Waals surface area contributed by atoms with Gasteiger partial charge in [0.25, 0.3) is 16.1 Å². The van der Waals surface area contributed by atoms with Crippen LogP contribution >= 0.6 is 0 Å². The topological polar surface area (TPSA) is 60.9 Å². The first kappa shape index (κ1) is 20.3. The number of amides is 1. The van der Waals surface area contributed by atoms with Crippen LogP contribution in [0.5, 0.6) is 0 Å². The molecule has 0 radical (unpaired) electrons. The first-order chi connectivity index (χ1) is 12.9. The zero-order valence-electron chi connectivity index (χ0n) is 16.4. The molecule has 0 aromatic heterocycles. The Morgan fingerprint density at radius 3 is 2.19 bits per heavy atom. The van der Waals surface area contributed by atoms with Gasteiger partial charge in [-0.1, -0.05) is 38.3 Å². The first-order valence-corrected chi connectivity index (χ1v) is 11.4. The van der Waals surface area contributed by atoms with Crippen molar-refractivity contribution in [3.05, 3.63) is 35.4 Å². The van der Waals surface area contributed by atoms with Crippen LogP contribution in [0.2, 0.25) is 0 Å². The molecule has 1 aromatic rings. The quantitative estimate of drug-likeness (QED) is 0.772. The van der Waals surface area contributed by atoms with Crippen molar-refractivity contribution in [2.75, 3.05) is 33.2 Å². The third-order valence-corrected chi connectivity index (χ3v) is 7.96. The average molecular weight is 394 g/mol. The van der Waals surface area contributed by atoms with Crippen molar-refractivity contribution in [3.8, 4) is 0 Å².